The summed E-state index contributed by atoms with van der Waals surface area (Å²) in [7, 11) is 4.29. The number of alkyl halides is 3. The second-order valence-corrected chi connectivity index (χ2v) is 9.52. The molecule has 2 aromatic carbocycles. The van der Waals surface area contributed by atoms with Crippen molar-refractivity contribution in [2.45, 2.75) is 19.1 Å². The predicted molar refractivity (Wildman–Crippen MR) is 138 cm³/mol. The fourth-order valence-electron chi connectivity index (χ4n) is 4.14. The number of fused-ring (bicyclic) bond motifs is 1. The summed E-state index contributed by atoms with van der Waals surface area (Å²) in [4.78, 5) is 30.1. The van der Waals surface area contributed by atoms with Gasteiger partial charge >= 0.3 is 12.1 Å². The average Bonchev–Trinajstić information content (AvgIpc) is 3.21. The number of methoxy groups -OCH3 is 3. The first-order chi connectivity index (χ1) is 18.5. The van der Waals surface area contributed by atoms with Gasteiger partial charge in [-0.25, -0.2) is 9.79 Å². The molecule has 0 amide bonds. The summed E-state index contributed by atoms with van der Waals surface area (Å²) >= 11 is 6.74. The van der Waals surface area contributed by atoms with E-state index >= 15 is 0 Å². The second kappa shape index (κ2) is 11.1. The Morgan fingerprint density at radius 3 is 2.23 bits per heavy atom. The maximum atomic E-state index is 14.2. The van der Waals surface area contributed by atoms with Crippen LogP contribution in [-0.2, 0) is 9.53 Å². The van der Waals surface area contributed by atoms with Gasteiger partial charge in [0.1, 0.15) is 0 Å². The lowest BCUT2D eigenvalue weighted by Crippen LogP contribution is -2.41. The molecule has 0 bridgehead atoms. The number of esters is 1. The standard InChI is InChI=1S/C26H22ClF3N2O6S/c1-5-38-24(34)19-20(14-6-8-15(27)9-7-14)32-23(33)18(39-25(32)31-22(19)26(28,29)30)12-13-10-16(35-2)21(37-4)17(11-13)36-3/h6-12,20H,5H2,1-4H3/b18-12-/t20-/m1/s1. The van der Waals surface area contributed by atoms with Gasteiger partial charge in [0, 0.05) is 5.02 Å². The van der Waals surface area contributed by atoms with E-state index in [0.29, 0.717) is 27.8 Å². The van der Waals surface area contributed by atoms with Crippen molar-refractivity contribution in [1.29, 1.82) is 0 Å². The molecule has 3 aromatic rings. The van der Waals surface area contributed by atoms with Crippen LogP contribution in [0.4, 0.5) is 13.2 Å². The minimum atomic E-state index is -5.00. The van der Waals surface area contributed by atoms with Crippen molar-refractivity contribution in [3.63, 3.8) is 0 Å². The number of halogens is 4. The van der Waals surface area contributed by atoms with Crippen LogP contribution >= 0.6 is 22.9 Å². The fourth-order valence-corrected chi connectivity index (χ4v) is 5.26. The highest BCUT2D eigenvalue weighted by atomic mass is 35.5. The molecule has 0 saturated heterocycles. The number of hydrogen-bond acceptors (Lipinski definition) is 8. The van der Waals surface area contributed by atoms with Crippen LogP contribution in [0.5, 0.6) is 17.2 Å². The molecular formula is C26H22ClF3N2O6S. The highest BCUT2D eigenvalue weighted by Gasteiger charge is 2.45. The largest absolute Gasteiger partial charge is 0.493 e. The monoisotopic (exact) mass is 582 g/mol. The SMILES string of the molecule is CCOC(=O)C1=C(C(F)(F)F)N=c2s/c(=C\c3cc(OC)c(OC)c(OC)c3)c(=O)n2[C@@H]1c1ccc(Cl)cc1. The number of aromatic nitrogens is 1. The summed E-state index contributed by atoms with van der Waals surface area (Å²) in [5, 5.41) is 0.325. The number of rotatable bonds is 7. The van der Waals surface area contributed by atoms with Gasteiger partial charge < -0.3 is 18.9 Å². The number of allylic oxidation sites excluding steroid dienone is 1. The van der Waals surface area contributed by atoms with Gasteiger partial charge in [0.2, 0.25) is 5.75 Å². The van der Waals surface area contributed by atoms with E-state index in [9.17, 15) is 22.8 Å². The molecule has 0 radical (unpaired) electrons. The van der Waals surface area contributed by atoms with Crippen LogP contribution < -0.4 is 29.1 Å². The first-order valence-electron chi connectivity index (χ1n) is 11.4. The number of benzene rings is 2. The molecule has 2 heterocycles. The summed E-state index contributed by atoms with van der Waals surface area (Å²) in [6.45, 7) is 1.29. The first-order valence-corrected chi connectivity index (χ1v) is 12.6. The molecule has 0 saturated carbocycles. The van der Waals surface area contributed by atoms with Crippen LogP contribution in [0.25, 0.3) is 6.08 Å². The van der Waals surface area contributed by atoms with Crippen LogP contribution in [0, 0.1) is 0 Å². The van der Waals surface area contributed by atoms with Crippen LogP contribution in [0.1, 0.15) is 24.1 Å². The zero-order chi connectivity index (χ0) is 28.5. The van der Waals surface area contributed by atoms with Crippen LogP contribution in [0.3, 0.4) is 0 Å². The summed E-state index contributed by atoms with van der Waals surface area (Å²) in [6.07, 6.45) is -3.53. The average molecular weight is 583 g/mol. The molecule has 0 fully saturated rings. The molecular weight excluding hydrogens is 561 g/mol. The van der Waals surface area contributed by atoms with E-state index in [1.54, 1.807) is 12.1 Å². The van der Waals surface area contributed by atoms with Crippen molar-refractivity contribution in [3.05, 3.63) is 83.5 Å². The molecule has 1 aliphatic rings. The summed E-state index contributed by atoms with van der Waals surface area (Å²) < 4.78 is 64.8. The van der Waals surface area contributed by atoms with Crippen LogP contribution in [-0.4, -0.2) is 44.6 Å². The molecule has 13 heteroatoms. The van der Waals surface area contributed by atoms with E-state index in [2.05, 4.69) is 4.99 Å². The van der Waals surface area contributed by atoms with E-state index in [1.807, 2.05) is 0 Å². The number of carbonyl (C=O) groups excluding carboxylic acids is 1. The summed E-state index contributed by atoms with van der Waals surface area (Å²) in [5.74, 6) is -0.263. The smallest absolute Gasteiger partial charge is 0.434 e. The molecule has 0 aliphatic carbocycles. The van der Waals surface area contributed by atoms with Gasteiger partial charge in [0.25, 0.3) is 5.56 Å². The lowest BCUT2D eigenvalue weighted by Gasteiger charge is -2.26. The van der Waals surface area contributed by atoms with Crippen molar-refractivity contribution in [3.8, 4) is 17.2 Å². The third-order valence-electron chi connectivity index (χ3n) is 5.77. The van der Waals surface area contributed by atoms with E-state index in [4.69, 9.17) is 30.5 Å². The highest BCUT2D eigenvalue weighted by Crippen LogP contribution is 2.39. The summed E-state index contributed by atoms with van der Waals surface area (Å²) in [6, 6.07) is 7.51. The van der Waals surface area contributed by atoms with Crippen molar-refractivity contribution >= 4 is 35.0 Å². The van der Waals surface area contributed by atoms with Crippen molar-refractivity contribution < 1.29 is 36.9 Å². The van der Waals surface area contributed by atoms with E-state index < -0.39 is 35.0 Å². The first kappa shape index (κ1) is 28.2. The van der Waals surface area contributed by atoms with Gasteiger partial charge in [-0.15, -0.1) is 0 Å². The third kappa shape index (κ3) is 5.39. The Morgan fingerprint density at radius 1 is 1.10 bits per heavy atom. The van der Waals surface area contributed by atoms with E-state index in [-0.39, 0.29) is 21.5 Å². The van der Waals surface area contributed by atoms with Gasteiger partial charge in [-0.05, 0) is 48.4 Å². The van der Waals surface area contributed by atoms with E-state index in [0.717, 1.165) is 15.9 Å². The lowest BCUT2D eigenvalue weighted by molar-refractivity contribution is -0.140. The van der Waals surface area contributed by atoms with Gasteiger partial charge in [-0.2, -0.15) is 13.2 Å². The number of hydrogen-bond donors (Lipinski definition) is 0. The number of nitrogens with zero attached hydrogens (tertiary/aromatic N) is 2. The minimum absolute atomic E-state index is 0.0635. The number of carbonyl (C=O) groups is 1. The quantitative estimate of drug-likeness (QED) is 0.391. The highest BCUT2D eigenvalue weighted by molar-refractivity contribution is 7.07. The molecule has 206 valence electrons. The second-order valence-electron chi connectivity index (χ2n) is 8.07. The van der Waals surface area contributed by atoms with Crippen LogP contribution in [0.15, 0.2) is 57.5 Å². The van der Waals surface area contributed by atoms with Crippen LogP contribution in [0.2, 0.25) is 5.02 Å². The van der Waals surface area contributed by atoms with Gasteiger partial charge in [0.15, 0.2) is 22.0 Å². The zero-order valence-corrected chi connectivity index (χ0v) is 22.7. The Morgan fingerprint density at radius 2 is 1.72 bits per heavy atom. The Kier molecular flexibility index (Phi) is 8.07. The maximum absolute atomic E-state index is 14.2. The molecule has 1 atom stereocenters. The summed E-state index contributed by atoms with van der Waals surface area (Å²) in [5.41, 5.74) is -2.20. The van der Waals surface area contributed by atoms with Gasteiger partial charge in [-0.1, -0.05) is 35.1 Å². The molecule has 0 N–H and O–H groups in total. The van der Waals surface area contributed by atoms with Crippen molar-refractivity contribution in [2.24, 2.45) is 4.99 Å². The topological polar surface area (TPSA) is 88.4 Å². The fraction of sp³-hybridized carbons (Fsp3) is 0.269. The lowest BCUT2D eigenvalue weighted by atomic mass is 9.95. The zero-order valence-electron chi connectivity index (χ0n) is 21.1. The third-order valence-corrected chi connectivity index (χ3v) is 7.00. The molecule has 39 heavy (non-hydrogen) atoms. The Balaban J connectivity index is 2.03. The molecule has 8 nitrogen and oxygen atoms in total. The number of thiazole rings is 1. The van der Waals surface area contributed by atoms with Crippen molar-refractivity contribution in [1.82, 2.24) is 4.57 Å². The van der Waals surface area contributed by atoms with E-state index in [1.165, 1.54) is 58.6 Å². The molecule has 4 rings (SSSR count). The Labute approximate surface area is 229 Å². The molecule has 0 spiro atoms. The number of ether oxygens (including phenoxy) is 4. The molecule has 1 aliphatic heterocycles. The normalized spacial score (nSPS) is 15.5. The predicted octanol–water partition coefficient (Wildman–Crippen LogP) is 4.02. The van der Waals surface area contributed by atoms with Crippen molar-refractivity contribution in [2.75, 3.05) is 27.9 Å². The molecule has 0 unspecified atom stereocenters. The Bertz CT molecular complexity index is 1600. The van der Waals surface area contributed by atoms with Gasteiger partial charge in [0.05, 0.1) is 44.1 Å². The van der Waals surface area contributed by atoms with Gasteiger partial charge in [-0.3, -0.25) is 9.36 Å². The Hall–Kier alpha value is -3.77. The maximum Gasteiger partial charge on any atom is 0.434 e. The minimum Gasteiger partial charge on any atom is -0.493 e. The molecule has 1 aromatic heterocycles.